The molecule has 1 aromatic heterocycles. The molecular formula is C16H12FN3O2S2. The number of thioether (sulfide) groups is 1. The van der Waals surface area contributed by atoms with Crippen molar-refractivity contribution in [2.24, 2.45) is 0 Å². The average Bonchev–Trinajstić information content (AvgIpc) is 3.03. The number of para-hydroxylation sites is 1. The number of carboxylic acids is 1. The molecule has 0 bridgehead atoms. The van der Waals surface area contributed by atoms with Gasteiger partial charge in [0.2, 0.25) is 5.13 Å². The summed E-state index contributed by atoms with van der Waals surface area (Å²) in [6.45, 7) is 0. The third-order valence-electron chi connectivity index (χ3n) is 3.09. The van der Waals surface area contributed by atoms with Gasteiger partial charge in [-0.15, -0.1) is 10.2 Å². The first kappa shape index (κ1) is 16.4. The Balaban J connectivity index is 1.60. The zero-order chi connectivity index (χ0) is 16.9. The summed E-state index contributed by atoms with van der Waals surface area (Å²) >= 11 is 2.82. The molecule has 0 fully saturated rings. The number of halogens is 1. The highest BCUT2D eigenvalue weighted by Gasteiger charge is 2.08. The molecule has 3 rings (SSSR count). The van der Waals surface area contributed by atoms with Gasteiger partial charge in [-0.25, -0.2) is 9.18 Å². The van der Waals surface area contributed by atoms with Crippen molar-refractivity contribution in [3.8, 4) is 0 Å². The van der Waals surface area contributed by atoms with Crippen LogP contribution < -0.4 is 5.32 Å². The van der Waals surface area contributed by atoms with Crippen LogP contribution in [0.5, 0.6) is 0 Å². The summed E-state index contributed by atoms with van der Waals surface area (Å²) in [5.41, 5.74) is 1.61. The maximum atomic E-state index is 13.6. The molecule has 0 aliphatic rings. The summed E-state index contributed by atoms with van der Waals surface area (Å²) in [5, 5.41) is 20.3. The van der Waals surface area contributed by atoms with Crippen molar-refractivity contribution in [2.45, 2.75) is 10.1 Å². The summed E-state index contributed by atoms with van der Waals surface area (Å²) < 4.78 is 14.3. The number of hydrogen-bond acceptors (Lipinski definition) is 6. The lowest BCUT2D eigenvalue weighted by atomic mass is 10.1. The Morgan fingerprint density at radius 3 is 2.62 bits per heavy atom. The fourth-order valence-electron chi connectivity index (χ4n) is 1.89. The van der Waals surface area contributed by atoms with Gasteiger partial charge in [0.1, 0.15) is 5.82 Å². The second-order valence-electron chi connectivity index (χ2n) is 4.77. The van der Waals surface area contributed by atoms with Crippen molar-refractivity contribution < 1.29 is 14.3 Å². The van der Waals surface area contributed by atoms with E-state index in [2.05, 4.69) is 15.5 Å². The Morgan fingerprint density at radius 1 is 1.17 bits per heavy atom. The molecule has 2 aromatic carbocycles. The molecular weight excluding hydrogens is 349 g/mol. The zero-order valence-electron chi connectivity index (χ0n) is 12.3. The van der Waals surface area contributed by atoms with Crippen LogP contribution in [0.2, 0.25) is 0 Å². The summed E-state index contributed by atoms with van der Waals surface area (Å²) in [6, 6.07) is 13.1. The van der Waals surface area contributed by atoms with Crippen molar-refractivity contribution in [3.05, 3.63) is 65.5 Å². The highest BCUT2D eigenvalue weighted by atomic mass is 32.2. The highest BCUT2D eigenvalue weighted by Crippen LogP contribution is 2.30. The SMILES string of the molecule is O=C(O)c1ccc(CSc2nnc(Nc3ccccc3F)s2)cc1. The number of rotatable bonds is 6. The van der Waals surface area contributed by atoms with Gasteiger partial charge in [-0.2, -0.15) is 0 Å². The quantitative estimate of drug-likeness (QED) is 0.634. The number of carboxylic acid groups (broad SMARTS) is 1. The predicted molar refractivity (Wildman–Crippen MR) is 92.6 cm³/mol. The summed E-state index contributed by atoms with van der Waals surface area (Å²) in [6.07, 6.45) is 0. The summed E-state index contributed by atoms with van der Waals surface area (Å²) in [4.78, 5) is 10.8. The fourth-order valence-corrected chi connectivity index (χ4v) is 3.61. The molecule has 0 unspecified atom stereocenters. The number of nitrogens with zero attached hydrogens (tertiary/aromatic N) is 2. The number of anilines is 2. The Labute approximate surface area is 145 Å². The van der Waals surface area contributed by atoms with Crippen molar-refractivity contribution in [3.63, 3.8) is 0 Å². The van der Waals surface area contributed by atoms with Crippen LogP contribution in [0.3, 0.4) is 0 Å². The Bertz CT molecular complexity index is 853. The van der Waals surface area contributed by atoms with Crippen molar-refractivity contribution in [1.29, 1.82) is 0 Å². The third-order valence-corrected chi connectivity index (χ3v) is 5.13. The van der Waals surface area contributed by atoms with Crippen LogP contribution >= 0.6 is 23.1 Å². The fraction of sp³-hybridized carbons (Fsp3) is 0.0625. The van der Waals surface area contributed by atoms with Crippen LogP contribution in [-0.2, 0) is 5.75 Å². The van der Waals surface area contributed by atoms with Gasteiger partial charge in [0.05, 0.1) is 11.3 Å². The second kappa shape index (κ2) is 7.41. The van der Waals surface area contributed by atoms with E-state index in [1.807, 2.05) is 0 Å². The molecule has 122 valence electrons. The minimum Gasteiger partial charge on any atom is -0.478 e. The minimum atomic E-state index is -0.942. The Kier molecular flexibility index (Phi) is 5.07. The first-order chi connectivity index (χ1) is 11.6. The van der Waals surface area contributed by atoms with Crippen molar-refractivity contribution >= 4 is 39.9 Å². The molecule has 0 aliphatic heterocycles. The zero-order valence-corrected chi connectivity index (χ0v) is 13.9. The first-order valence-corrected chi connectivity index (χ1v) is 8.72. The topological polar surface area (TPSA) is 75.1 Å². The van der Waals surface area contributed by atoms with E-state index in [1.165, 1.54) is 29.2 Å². The smallest absolute Gasteiger partial charge is 0.335 e. The van der Waals surface area contributed by atoms with Gasteiger partial charge >= 0.3 is 5.97 Å². The van der Waals surface area contributed by atoms with E-state index in [1.54, 1.807) is 42.5 Å². The predicted octanol–water partition coefficient (Wildman–Crippen LogP) is 4.41. The van der Waals surface area contributed by atoms with Crippen LogP contribution in [0.25, 0.3) is 0 Å². The second-order valence-corrected chi connectivity index (χ2v) is 6.97. The molecule has 2 N–H and O–H groups in total. The van der Waals surface area contributed by atoms with Gasteiger partial charge in [-0.05, 0) is 29.8 Å². The van der Waals surface area contributed by atoms with E-state index in [0.717, 1.165) is 9.90 Å². The molecule has 0 amide bonds. The molecule has 1 heterocycles. The molecule has 0 saturated heterocycles. The number of nitrogens with one attached hydrogen (secondary N) is 1. The van der Waals surface area contributed by atoms with Gasteiger partial charge in [-0.3, -0.25) is 0 Å². The van der Waals surface area contributed by atoms with Crippen molar-refractivity contribution in [1.82, 2.24) is 10.2 Å². The number of benzene rings is 2. The molecule has 24 heavy (non-hydrogen) atoms. The Hall–Kier alpha value is -2.45. The van der Waals surface area contributed by atoms with Crippen LogP contribution in [0, 0.1) is 5.82 Å². The van der Waals surface area contributed by atoms with Crippen LogP contribution in [-0.4, -0.2) is 21.3 Å². The van der Waals surface area contributed by atoms with Crippen LogP contribution in [0.15, 0.2) is 52.9 Å². The lowest BCUT2D eigenvalue weighted by Gasteiger charge is -2.02. The molecule has 0 saturated carbocycles. The highest BCUT2D eigenvalue weighted by molar-refractivity contribution is 8.00. The maximum absolute atomic E-state index is 13.6. The largest absolute Gasteiger partial charge is 0.478 e. The minimum absolute atomic E-state index is 0.260. The Morgan fingerprint density at radius 2 is 1.92 bits per heavy atom. The molecule has 0 atom stereocenters. The monoisotopic (exact) mass is 361 g/mol. The summed E-state index contributed by atoms with van der Waals surface area (Å²) in [5.74, 6) is -0.642. The molecule has 5 nitrogen and oxygen atoms in total. The van der Waals surface area contributed by atoms with E-state index in [9.17, 15) is 9.18 Å². The molecule has 3 aromatic rings. The van der Waals surface area contributed by atoms with Gasteiger partial charge in [0.25, 0.3) is 0 Å². The van der Waals surface area contributed by atoms with Gasteiger partial charge in [0.15, 0.2) is 4.34 Å². The van der Waals surface area contributed by atoms with E-state index in [0.29, 0.717) is 16.6 Å². The maximum Gasteiger partial charge on any atom is 0.335 e. The van der Waals surface area contributed by atoms with Crippen LogP contribution in [0.1, 0.15) is 15.9 Å². The van der Waals surface area contributed by atoms with E-state index < -0.39 is 5.97 Å². The van der Waals surface area contributed by atoms with E-state index >= 15 is 0 Å². The lowest BCUT2D eigenvalue weighted by Crippen LogP contribution is -1.95. The van der Waals surface area contributed by atoms with Gasteiger partial charge < -0.3 is 10.4 Å². The molecule has 0 radical (unpaired) electrons. The molecule has 8 heteroatoms. The first-order valence-electron chi connectivity index (χ1n) is 6.92. The number of aromatic nitrogens is 2. The number of carbonyl (C=O) groups is 1. The normalized spacial score (nSPS) is 10.5. The van der Waals surface area contributed by atoms with Gasteiger partial charge in [0, 0.05) is 5.75 Å². The lowest BCUT2D eigenvalue weighted by molar-refractivity contribution is 0.0697. The number of aromatic carboxylic acids is 1. The third kappa shape index (κ3) is 4.09. The number of hydrogen-bond donors (Lipinski definition) is 2. The molecule has 0 aliphatic carbocycles. The van der Waals surface area contributed by atoms with Crippen molar-refractivity contribution in [2.75, 3.05) is 5.32 Å². The summed E-state index contributed by atoms with van der Waals surface area (Å²) in [7, 11) is 0. The average molecular weight is 361 g/mol. The van der Waals surface area contributed by atoms with Gasteiger partial charge in [-0.1, -0.05) is 47.4 Å². The van der Waals surface area contributed by atoms with E-state index in [-0.39, 0.29) is 11.4 Å². The van der Waals surface area contributed by atoms with E-state index in [4.69, 9.17) is 5.11 Å². The molecule has 0 spiro atoms. The standard InChI is InChI=1S/C16H12FN3O2S2/c17-12-3-1-2-4-13(12)18-15-19-20-16(24-15)23-9-10-5-7-11(8-6-10)14(21)22/h1-8H,9H2,(H,18,19)(H,21,22). The van der Waals surface area contributed by atoms with Crippen LogP contribution in [0.4, 0.5) is 15.2 Å².